The minimum atomic E-state index is -3.46. The van der Waals surface area contributed by atoms with Gasteiger partial charge in [0.05, 0.1) is 15.6 Å². The molecule has 2 aliphatic heterocycles. The van der Waals surface area contributed by atoms with Gasteiger partial charge < -0.3 is 14.5 Å². The number of hydrogen-bond donors (Lipinski definition) is 2. The summed E-state index contributed by atoms with van der Waals surface area (Å²) in [5, 5.41) is 9.04. The minimum Gasteiger partial charge on any atom is -0.471 e. The Hall–Kier alpha value is -3.04. The monoisotopic (exact) mass is 631 g/mol. The SMILES string of the molecule is CN1CCN(S(=O)(=O)N2CCN(c3ccc(-c4n[nH]c5ccc(O[C@H](N)c6c(Cl)cncc6Cl)cc45)cn3)CC2)CC1. The zero-order valence-electron chi connectivity index (χ0n) is 22.9. The number of rotatable bonds is 7. The predicted molar refractivity (Wildman–Crippen MR) is 163 cm³/mol. The lowest BCUT2D eigenvalue weighted by Gasteiger charge is -2.39. The number of piperazine rings is 2. The van der Waals surface area contributed by atoms with E-state index in [1.807, 2.05) is 31.3 Å². The Labute approximate surface area is 254 Å². The Morgan fingerprint density at radius 1 is 0.929 bits per heavy atom. The van der Waals surface area contributed by atoms with Crippen molar-refractivity contribution in [3.8, 4) is 17.0 Å². The van der Waals surface area contributed by atoms with Crippen LogP contribution in [0.15, 0.2) is 48.9 Å². The Kier molecular flexibility index (Phi) is 8.24. The topological polar surface area (TPSA) is 137 Å². The molecule has 0 spiro atoms. The molecule has 4 aromatic rings. The fourth-order valence-electron chi connectivity index (χ4n) is 5.23. The average Bonchev–Trinajstić information content (AvgIpc) is 3.41. The summed E-state index contributed by atoms with van der Waals surface area (Å²) >= 11 is 12.5. The van der Waals surface area contributed by atoms with E-state index in [0.29, 0.717) is 66.3 Å². The van der Waals surface area contributed by atoms with Gasteiger partial charge in [0.25, 0.3) is 10.2 Å². The maximum atomic E-state index is 13.1. The van der Waals surface area contributed by atoms with E-state index in [1.54, 1.807) is 20.9 Å². The van der Waals surface area contributed by atoms with E-state index < -0.39 is 16.4 Å². The summed E-state index contributed by atoms with van der Waals surface area (Å²) < 4.78 is 35.4. The van der Waals surface area contributed by atoms with Crippen LogP contribution in [0.4, 0.5) is 5.82 Å². The molecule has 2 aliphatic rings. The molecule has 1 atom stereocenters. The van der Waals surface area contributed by atoms with Crippen LogP contribution < -0.4 is 15.4 Å². The van der Waals surface area contributed by atoms with Crippen LogP contribution in [0.25, 0.3) is 22.2 Å². The summed E-state index contributed by atoms with van der Waals surface area (Å²) in [6, 6.07) is 9.40. The van der Waals surface area contributed by atoms with E-state index in [2.05, 4.69) is 30.0 Å². The second kappa shape index (κ2) is 11.9. The maximum absolute atomic E-state index is 13.1. The van der Waals surface area contributed by atoms with Gasteiger partial charge in [-0.3, -0.25) is 15.8 Å². The molecule has 15 heteroatoms. The number of aromatic amines is 1. The summed E-state index contributed by atoms with van der Waals surface area (Å²) in [5.74, 6) is 1.31. The largest absolute Gasteiger partial charge is 0.471 e. The molecular weight excluding hydrogens is 601 g/mol. The van der Waals surface area contributed by atoms with Crippen molar-refractivity contribution in [3.63, 3.8) is 0 Å². The first kappa shape index (κ1) is 29.1. The number of halogens is 2. The molecule has 2 fully saturated rings. The van der Waals surface area contributed by atoms with Crippen LogP contribution in [0, 0.1) is 0 Å². The van der Waals surface area contributed by atoms with Gasteiger partial charge in [0.1, 0.15) is 17.3 Å². The number of nitrogens with one attached hydrogen (secondary N) is 1. The van der Waals surface area contributed by atoms with Crippen LogP contribution in [0.2, 0.25) is 10.0 Å². The third-order valence-corrected chi connectivity index (χ3v) is 10.3. The van der Waals surface area contributed by atoms with Crippen LogP contribution in [0.5, 0.6) is 5.75 Å². The first-order valence-corrected chi connectivity index (χ1v) is 15.7. The Morgan fingerprint density at radius 2 is 1.60 bits per heavy atom. The third-order valence-electron chi connectivity index (χ3n) is 7.67. The molecule has 0 radical (unpaired) electrons. The number of likely N-dealkylation sites (N-methyl/N-ethyl adjacent to an activating group) is 1. The van der Waals surface area contributed by atoms with Crippen LogP contribution in [0.3, 0.4) is 0 Å². The second-order valence-corrected chi connectivity index (χ2v) is 13.1. The van der Waals surface area contributed by atoms with E-state index in [9.17, 15) is 8.42 Å². The number of nitrogens with zero attached hydrogens (tertiary/aromatic N) is 7. The van der Waals surface area contributed by atoms with Gasteiger partial charge in [-0.25, -0.2) is 4.98 Å². The molecule has 1 aromatic carbocycles. The van der Waals surface area contributed by atoms with Crippen molar-refractivity contribution in [3.05, 3.63) is 64.5 Å². The van der Waals surface area contributed by atoms with Gasteiger partial charge in [-0.15, -0.1) is 0 Å². The van der Waals surface area contributed by atoms with Crippen molar-refractivity contribution in [2.75, 3.05) is 64.3 Å². The summed E-state index contributed by atoms with van der Waals surface area (Å²) in [5.41, 5.74) is 9.08. The average molecular weight is 633 g/mol. The van der Waals surface area contributed by atoms with Gasteiger partial charge in [-0.1, -0.05) is 23.2 Å². The number of benzene rings is 1. The highest BCUT2D eigenvalue weighted by Gasteiger charge is 2.34. The normalized spacial score (nSPS) is 18.4. The van der Waals surface area contributed by atoms with Crippen molar-refractivity contribution in [1.29, 1.82) is 0 Å². The molecule has 0 bridgehead atoms. The summed E-state index contributed by atoms with van der Waals surface area (Å²) in [4.78, 5) is 12.9. The Balaban J connectivity index is 1.13. The molecule has 5 heterocycles. The predicted octanol–water partition coefficient (Wildman–Crippen LogP) is 2.98. The highest BCUT2D eigenvalue weighted by atomic mass is 35.5. The fraction of sp³-hybridized carbons (Fsp3) is 0.370. The van der Waals surface area contributed by atoms with Gasteiger partial charge in [0.2, 0.25) is 0 Å². The van der Waals surface area contributed by atoms with Gasteiger partial charge >= 0.3 is 0 Å². The zero-order valence-corrected chi connectivity index (χ0v) is 25.3. The van der Waals surface area contributed by atoms with E-state index >= 15 is 0 Å². The first-order chi connectivity index (χ1) is 20.2. The number of fused-ring (bicyclic) bond motifs is 1. The molecule has 0 amide bonds. The molecule has 3 aromatic heterocycles. The van der Waals surface area contributed by atoms with E-state index in [4.69, 9.17) is 33.7 Å². The Morgan fingerprint density at radius 3 is 2.24 bits per heavy atom. The number of H-pyrrole nitrogens is 1. The van der Waals surface area contributed by atoms with Crippen molar-refractivity contribution in [1.82, 2.24) is 33.7 Å². The molecule has 0 aliphatic carbocycles. The van der Waals surface area contributed by atoms with E-state index in [-0.39, 0.29) is 0 Å². The lowest BCUT2D eigenvalue weighted by Crippen LogP contribution is -2.56. The number of anilines is 1. The molecule has 2 saturated heterocycles. The molecule has 222 valence electrons. The lowest BCUT2D eigenvalue weighted by atomic mass is 10.1. The highest BCUT2D eigenvalue weighted by Crippen LogP contribution is 2.33. The quantitative estimate of drug-likeness (QED) is 0.295. The molecule has 0 saturated carbocycles. The fourth-order valence-corrected chi connectivity index (χ4v) is 7.38. The van der Waals surface area contributed by atoms with E-state index in [1.165, 1.54) is 12.4 Å². The minimum absolute atomic E-state index is 0.323. The van der Waals surface area contributed by atoms with Crippen LogP contribution in [-0.4, -0.2) is 101 Å². The summed E-state index contributed by atoms with van der Waals surface area (Å²) in [7, 11) is -1.45. The van der Waals surface area contributed by atoms with Crippen molar-refractivity contribution in [2.24, 2.45) is 5.73 Å². The van der Waals surface area contributed by atoms with Crippen LogP contribution in [0.1, 0.15) is 11.8 Å². The second-order valence-electron chi connectivity index (χ2n) is 10.3. The summed E-state index contributed by atoms with van der Waals surface area (Å²) in [6.45, 7) is 4.52. The molecule has 3 N–H and O–H groups in total. The number of nitrogens with two attached hydrogens (primary N) is 1. The van der Waals surface area contributed by atoms with E-state index in [0.717, 1.165) is 35.4 Å². The molecule has 12 nitrogen and oxygen atoms in total. The first-order valence-electron chi connectivity index (χ1n) is 13.5. The molecule has 6 rings (SSSR count). The molecular formula is C27H31Cl2N9O3S. The van der Waals surface area contributed by atoms with Crippen molar-refractivity contribution in [2.45, 2.75) is 6.23 Å². The van der Waals surface area contributed by atoms with Gasteiger partial charge in [-0.2, -0.15) is 22.1 Å². The lowest BCUT2D eigenvalue weighted by molar-refractivity contribution is 0.210. The number of ether oxygens (including phenoxy) is 1. The Bertz CT molecular complexity index is 1650. The van der Waals surface area contributed by atoms with Gasteiger partial charge in [0.15, 0.2) is 6.23 Å². The highest BCUT2D eigenvalue weighted by molar-refractivity contribution is 7.86. The van der Waals surface area contributed by atoms with Crippen LogP contribution in [-0.2, 0) is 10.2 Å². The van der Waals surface area contributed by atoms with Gasteiger partial charge in [-0.05, 0) is 37.4 Å². The van der Waals surface area contributed by atoms with Crippen molar-refractivity contribution < 1.29 is 13.2 Å². The number of hydrogen-bond acceptors (Lipinski definition) is 9. The maximum Gasteiger partial charge on any atom is 0.282 e. The van der Waals surface area contributed by atoms with Gasteiger partial charge in [0, 0.05) is 87.5 Å². The molecule has 0 unspecified atom stereocenters. The van der Waals surface area contributed by atoms with Crippen LogP contribution >= 0.6 is 23.2 Å². The smallest absolute Gasteiger partial charge is 0.282 e. The standard InChI is InChI=1S/C27H31Cl2N9O3S/c1-35-6-10-37(11-7-35)42(39,40)38-12-8-36(9-13-38)24-5-2-18(15-32-24)26-20-14-19(3-4-23(20)33-34-26)41-27(30)25-21(28)16-31-17-22(25)29/h2-5,14-17,27H,6-13,30H2,1H3,(H,33,34)/t27-/m0/s1. The summed E-state index contributed by atoms with van der Waals surface area (Å²) in [6.07, 6.45) is 3.82. The third kappa shape index (κ3) is 5.78. The molecule has 42 heavy (non-hydrogen) atoms. The number of pyridine rings is 2. The number of aromatic nitrogens is 4. The zero-order chi connectivity index (χ0) is 29.4. The van der Waals surface area contributed by atoms with Crippen molar-refractivity contribution >= 4 is 50.1 Å².